The van der Waals surface area contributed by atoms with Crippen LogP contribution < -0.4 is 0 Å². The highest BCUT2D eigenvalue weighted by atomic mass is 16.3. The molecule has 0 bridgehead atoms. The van der Waals surface area contributed by atoms with Crippen LogP contribution in [0.1, 0.15) is 27.3 Å². The van der Waals surface area contributed by atoms with E-state index in [2.05, 4.69) is 34.5 Å². The van der Waals surface area contributed by atoms with Crippen molar-refractivity contribution in [3.63, 3.8) is 0 Å². The van der Waals surface area contributed by atoms with Crippen LogP contribution in [0.2, 0.25) is 0 Å². The molecule has 178 valence electrons. The maximum atomic E-state index is 11.0. The van der Waals surface area contributed by atoms with E-state index in [1.165, 1.54) is 11.1 Å². The Kier molecular flexibility index (Phi) is 6.96. The van der Waals surface area contributed by atoms with Gasteiger partial charge in [-0.15, -0.1) is 0 Å². The fraction of sp³-hybridized carbons (Fsp3) is 0.100. The lowest BCUT2D eigenvalue weighted by atomic mass is 10.2. The van der Waals surface area contributed by atoms with Crippen LogP contribution in [-0.2, 0) is 19.7 Å². The van der Waals surface area contributed by atoms with Gasteiger partial charge in [-0.3, -0.25) is 14.2 Å². The predicted molar refractivity (Wildman–Crippen MR) is 142 cm³/mol. The topological polar surface area (TPSA) is 72.9 Å². The zero-order chi connectivity index (χ0) is 24.7. The number of aldehydes is 1. The minimum atomic E-state index is -0.0255. The van der Waals surface area contributed by atoms with Gasteiger partial charge >= 0.3 is 0 Å². The lowest BCUT2D eigenvalue weighted by Crippen LogP contribution is -2.02. The molecule has 0 unspecified atom stereocenters. The Bertz CT molecular complexity index is 1590. The predicted octanol–water partition coefficient (Wildman–Crippen LogP) is 5.47. The highest BCUT2D eigenvalue weighted by Gasteiger charge is 2.10. The second kappa shape index (κ2) is 10.8. The summed E-state index contributed by atoms with van der Waals surface area (Å²) in [6, 6.07) is 36.1. The molecule has 6 nitrogen and oxygen atoms in total. The van der Waals surface area contributed by atoms with Crippen molar-refractivity contribution < 1.29 is 9.90 Å². The Morgan fingerprint density at radius 1 is 0.611 bits per heavy atom. The molecule has 1 N–H and O–H groups in total. The molecule has 0 amide bonds. The molecule has 2 aromatic heterocycles. The van der Waals surface area contributed by atoms with Gasteiger partial charge in [0.25, 0.3) is 0 Å². The molecular formula is C30H26N4O2. The highest BCUT2D eigenvalue weighted by Crippen LogP contribution is 2.20. The molecule has 0 fully saturated rings. The number of fused-ring (bicyclic) bond motifs is 2. The first-order valence-corrected chi connectivity index (χ1v) is 11.8. The van der Waals surface area contributed by atoms with Gasteiger partial charge in [-0.2, -0.15) is 10.2 Å². The lowest BCUT2D eigenvalue weighted by molar-refractivity contribution is 0.111. The average molecular weight is 475 g/mol. The molecule has 36 heavy (non-hydrogen) atoms. The number of para-hydroxylation sites is 2. The van der Waals surface area contributed by atoms with Gasteiger partial charge in [0.15, 0.2) is 6.29 Å². The van der Waals surface area contributed by atoms with Gasteiger partial charge in [0.05, 0.1) is 36.4 Å². The number of aromatic nitrogens is 4. The van der Waals surface area contributed by atoms with Gasteiger partial charge in [-0.25, -0.2) is 0 Å². The summed E-state index contributed by atoms with van der Waals surface area (Å²) in [5.41, 5.74) is 5.66. The molecule has 0 aliphatic carbocycles. The van der Waals surface area contributed by atoms with Crippen molar-refractivity contribution in [3.8, 4) is 0 Å². The van der Waals surface area contributed by atoms with E-state index < -0.39 is 0 Å². The molecule has 0 aliphatic heterocycles. The van der Waals surface area contributed by atoms with E-state index in [1.54, 1.807) is 0 Å². The minimum absolute atomic E-state index is 0.0255. The van der Waals surface area contributed by atoms with Crippen LogP contribution in [0.5, 0.6) is 0 Å². The van der Waals surface area contributed by atoms with Crippen LogP contribution in [0.4, 0.5) is 0 Å². The molecule has 6 heteroatoms. The van der Waals surface area contributed by atoms with E-state index in [0.717, 1.165) is 40.3 Å². The van der Waals surface area contributed by atoms with Crippen LogP contribution in [-0.4, -0.2) is 31.0 Å². The first kappa shape index (κ1) is 23.2. The van der Waals surface area contributed by atoms with Gasteiger partial charge in [-0.1, -0.05) is 97.1 Å². The zero-order valence-corrected chi connectivity index (χ0v) is 19.7. The fourth-order valence-electron chi connectivity index (χ4n) is 4.31. The van der Waals surface area contributed by atoms with E-state index >= 15 is 0 Å². The van der Waals surface area contributed by atoms with Crippen LogP contribution in [0.3, 0.4) is 0 Å². The average Bonchev–Trinajstić information content (AvgIpc) is 3.48. The highest BCUT2D eigenvalue weighted by molar-refractivity contribution is 5.95. The fourth-order valence-corrected chi connectivity index (χ4v) is 4.31. The molecular weight excluding hydrogens is 448 g/mol. The smallest absolute Gasteiger partial charge is 0.170 e. The SMILES string of the molecule is O=Cc1nn(Cc2ccccc2)c2ccccc12.OCc1nn(Cc2ccccc2)c2ccccc12. The number of aliphatic hydroxyl groups is 1. The Morgan fingerprint density at radius 2 is 1.08 bits per heavy atom. The van der Waals surface area contributed by atoms with Crippen molar-refractivity contribution in [2.75, 3.05) is 0 Å². The number of benzene rings is 4. The van der Waals surface area contributed by atoms with E-state index in [1.807, 2.05) is 94.3 Å². The van der Waals surface area contributed by atoms with Crippen molar-refractivity contribution in [1.29, 1.82) is 0 Å². The zero-order valence-electron chi connectivity index (χ0n) is 19.7. The third-order valence-electron chi connectivity index (χ3n) is 6.03. The van der Waals surface area contributed by atoms with Crippen molar-refractivity contribution in [3.05, 3.63) is 132 Å². The number of carbonyl (C=O) groups is 1. The third kappa shape index (κ3) is 4.94. The Hall–Kier alpha value is -4.55. The minimum Gasteiger partial charge on any atom is -0.390 e. The second-order valence-corrected chi connectivity index (χ2v) is 8.43. The monoisotopic (exact) mass is 474 g/mol. The number of hydrogen-bond donors (Lipinski definition) is 1. The molecule has 4 aromatic carbocycles. The summed E-state index contributed by atoms with van der Waals surface area (Å²) in [7, 11) is 0. The summed E-state index contributed by atoms with van der Waals surface area (Å²) in [6.45, 7) is 1.37. The van der Waals surface area contributed by atoms with E-state index in [4.69, 9.17) is 0 Å². The number of rotatable bonds is 6. The summed E-state index contributed by atoms with van der Waals surface area (Å²) in [5, 5.41) is 20.1. The number of nitrogens with zero attached hydrogens (tertiary/aromatic N) is 4. The number of hydrogen-bond acceptors (Lipinski definition) is 4. The number of aliphatic hydroxyl groups excluding tert-OH is 1. The van der Waals surface area contributed by atoms with E-state index in [9.17, 15) is 9.90 Å². The standard InChI is InChI=1S/C15H14N2O.C15H12N2O/c2*18-11-14-13-8-4-5-9-15(13)17(16-14)10-12-6-2-1-3-7-12/h1-9,18H,10-11H2;1-9,11H,10H2. The maximum absolute atomic E-state index is 11.0. The number of carbonyl (C=O) groups excluding carboxylic acids is 1. The van der Waals surface area contributed by atoms with Crippen LogP contribution in [0, 0.1) is 0 Å². The second-order valence-electron chi connectivity index (χ2n) is 8.43. The molecule has 0 saturated heterocycles. The van der Waals surface area contributed by atoms with Crippen LogP contribution in [0.25, 0.3) is 21.8 Å². The van der Waals surface area contributed by atoms with Crippen molar-refractivity contribution in [2.45, 2.75) is 19.7 Å². The van der Waals surface area contributed by atoms with Crippen molar-refractivity contribution in [2.24, 2.45) is 0 Å². The quantitative estimate of drug-likeness (QED) is 0.325. The van der Waals surface area contributed by atoms with Gasteiger partial charge in [0.1, 0.15) is 5.69 Å². The molecule has 0 radical (unpaired) electrons. The van der Waals surface area contributed by atoms with Crippen molar-refractivity contribution in [1.82, 2.24) is 19.6 Å². The first-order chi connectivity index (χ1) is 17.8. The summed E-state index contributed by atoms with van der Waals surface area (Å²) in [5.74, 6) is 0. The normalized spacial score (nSPS) is 10.8. The lowest BCUT2D eigenvalue weighted by Gasteiger charge is -2.03. The molecule has 0 saturated carbocycles. The van der Waals surface area contributed by atoms with Gasteiger partial charge < -0.3 is 5.11 Å². The summed E-state index contributed by atoms with van der Waals surface area (Å²) < 4.78 is 3.81. The summed E-state index contributed by atoms with van der Waals surface area (Å²) >= 11 is 0. The first-order valence-electron chi connectivity index (χ1n) is 11.8. The third-order valence-corrected chi connectivity index (χ3v) is 6.03. The van der Waals surface area contributed by atoms with Gasteiger partial charge in [0.2, 0.25) is 0 Å². The van der Waals surface area contributed by atoms with Crippen molar-refractivity contribution >= 4 is 28.1 Å². The Balaban J connectivity index is 0.000000148. The Labute approximate surface area is 209 Å². The maximum Gasteiger partial charge on any atom is 0.170 e. The van der Waals surface area contributed by atoms with E-state index in [-0.39, 0.29) is 6.61 Å². The van der Waals surface area contributed by atoms with E-state index in [0.29, 0.717) is 12.2 Å². The summed E-state index contributed by atoms with van der Waals surface area (Å²) in [6.07, 6.45) is 0.809. The Morgan fingerprint density at radius 3 is 1.64 bits per heavy atom. The molecule has 6 rings (SSSR count). The van der Waals surface area contributed by atoms with Gasteiger partial charge in [-0.05, 0) is 23.3 Å². The largest absolute Gasteiger partial charge is 0.390 e. The molecule has 0 aliphatic rings. The van der Waals surface area contributed by atoms with Crippen LogP contribution in [0.15, 0.2) is 109 Å². The molecule has 6 aromatic rings. The van der Waals surface area contributed by atoms with Gasteiger partial charge in [0, 0.05) is 10.8 Å². The molecule has 0 atom stereocenters. The molecule has 0 spiro atoms. The summed E-state index contributed by atoms with van der Waals surface area (Å²) in [4.78, 5) is 11.0. The molecule has 2 heterocycles. The van der Waals surface area contributed by atoms with Crippen LogP contribution >= 0.6 is 0 Å².